The van der Waals surface area contributed by atoms with Gasteiger partial charge in [0.15, 0.2) is 10.5 Å². The minimum Gasteiger partial charge on any atom is -0.380 e. The van der Waals surface area contributed by atoms with Crippen molar-refractivity contribution in [2.45, 2.75) is 6.92 Å². The Hall–Kier alpha value is -0.970. The van der Waals surface area contributed by atoms with Gasteiger partial charge in [-0.15, -0.1) is 0 Å². The highest BCUT2D eigenvalue weighted by Gasteiger charge is 1.95. The van der Waals surface area contributed by atoms with Crippen LogP contribution in [0.4, 0.5) is 5.82 Å². The number of nitrogens with zero attached hydrogens (tertiary/aromatic N) is 3. The number of aryl methyl sites for hydroxylation is 2. The number of hydrogen-bond acceptors (Lipinski definition) is 4. The number of anilines is 1. The average Bonchev–Trinajstić information content (AvgIpc) is 1.84. The Kier molecular flexibility index (Phi) is 1.67. The normalized spacial score (nSPS) is 9.80. The summed E-state index contributed by atoms with van der Waals surface area (Å²) in [6.07, 6.45) is 0. The summed E-state index contributed by atoms with van der Waals surface area (Å²) < 4.78 is 1.96. The van der Waals surface area contributed by atoms with E-state index in [2.05, 4.69) is 10.1 Å². The first-order valence-corrected chi connectivity index (χ1v) is 3.19. The van der Waals surface area contributed by atoms with Gasteiger partial charge in [-0.1, -0.05) is 12.2 Å². The predicted octanol–water partition coefficient (Wildman–Crippen LogP) is 0.435. The molecule has 0 atom stereocenters. The van der Waals surface area contributed by atoms with Crippen LogP contribution in [0, 0.1) is 11.6 Å². The number of rotatable bonds is 0. The molecular weight excluding hydrogens is 148 g/mol. The van der Waals surface area contributed by atoms with Crippen molar-refractivity contribution >= 4 is 18.0 Å². The Morgan fingerprint density at radius 1 is 1.60 bits per heavy atom. The second-order valence-electron chi connectivity index (χ2n) is 1.97. The first kappa shape index (κ1) is 7.14. The standard InChI is InChI=1S/C5H8N4S/c1-3-7-5(10)4(6)8-9(3)2/h1-2H3,(H2,6,8). The van der Waals surface area contributed by atoms with Gasteiger partial charge in [0.2, 0.25) is 0 Å². The van der Waals surface area contributed by atoms with Crippen LogP contribution in [0.3, 0.4) is 0 Å². The third-order valence-corrected chi connectivity index (χ3v) is 1.51. The molecule has 0 bridgehead atoms. The van der Waals surface area contributed by atoms with Gasteiger partial charge in [-0.25, -0.2) is 4.98 Å². The second kappa shape index (κ2) is 2.34. The van der Waals surface area contributed by atoms with Gasteiger partial charge in [0.1, 0.15) is 5.82 Å². The van der Waals surface area contributed by atoms with E-state index in [1.54, 1.807) is 11.7 Å². The van der Waals surface area contributed by atoms with Crippen LogP contribution in [0.15, 0.2) is 0 Å². The molecule has 1 aromatic heterocycles. The smallest absolute Gasteiger partial charge is 0.181 e. The van der Waals surface area contributed by atoms with Crippen molar-refractivity contribution in [3.8, 4) is 0 Å². The number of hydrogen-bond donors (Lipinski definition) is 1. The van der Waals surface area contributed by atoms with Crippen LogP contribution in [0.25, 0.3) is 0 Å². The van der Waals surface area contributed by atoms with Gasteiger partial charge in [-0.3, -0.25) is 4.68 Å². The zero-order valence-electron chi connectivity index (χ0n) is 5.83. The highest BCUT2D eigenvalue weighted by molar-refractivity contribution is 7.71. The maximum Gasteiger partial charge on any atom is 0.181 e. The third-order valence-electron chi connectivity index (χ3n) is 1.21. The average molecular weight is 156 g/mol. The molecule has 0 radical (unpaired) electrons. The summed E-state index contributed by atoms with van der Waals surface area (Å²) in [5.74, 6) is 1.07. The Labute approximate surface area is 63.7 Å². The molecule has 0 aliphatic carbocycles. The topological polar surface area (TPSA) is 56.7 Å². The molecule has 0 saturated heterocycles. The largest absolute Gasteiger partial charge is 0.380 e. The van der Waals surface area contributed by atoms with Gasteiger partial charge in [-0.05, 0) is 6.92 Å². The van der Waals surface area contributed by atoms with Crippen molar-refractivity contribution in [2.24, 2.45) is 7.05 Å². The summed E-state index contributed by atoms with van der Waals surface area (Å²) in [6.45, 7) is 1.82. The van der Waals surface area contributed by atoms with Crippen LogP contribution in [0.2, 0.25) is 0 Å². The van der Waals surface area contributed by atoms with E-state index in [0.717, 1.165) is 5.82 Å². The van der Waals surface area contributed by atoms with E-state index in [0.29, 0.717) is 10.5 Å². The van der Waals surface area contributed by atoms with Gasteiger partial charge in [0.05, 0.1) is 0 Å². The van der Waals surface area contributed by atoms with E-state index in [-0.39, 0.29) is 0 Å². The molecule has 0 amide bonds. The first-order valence-electron chi connectivity index (χ1n) is 2.78. The molecule has 4 nitrogen and oxygen atoms in total. The van der Waals surface area contributed by atoms with E-state index in [1.807, 2.05) is 6.92 Å². The van der Waals surface area contributed by atoms with Crippen molar-refractivity contribution in [2.75, 3.05) is 5.73 Å². The lowest BCUT2D eigenvalue weighted by molar-refractivity contribution is 0.680. The Morgan fingerprint density at radius 3 is 2.70 bits per heavy atom. The highest BCUT2D eigenvalue weighted by Crippen LogP contribution is 1.96. The molecular formula is C5H8N4S. The van der Waals surface area contributed by atoms with E-state index in [1.165, 1.54) is 0 Å². The summed E-state index contributed by atoms with van der Waals surface area (Å²) >= 11 is 4.79. The third kappa shape index (κ3) is 1.13. The van der Waals surface area contributed by atoms with Crippen LogP contribution in [0.5, 0.6) is 0 Å². The number of aromatic nitrogens is 3. The van der Waals surface area contributed by atoms with Crippen LogP contribution in [0.1, 0.15) is 5.82 Å². The van der Waals surface area contributed by atoms with Crippen molar-refractivity contribution in [3.63, 3.8) is 0 Å². The molecule has 0 aliphatic rings. The summed E-state index contributed by atoms with van der Waals surface area (Å²) in [6, 6.07) is 0. The van der Waals surface area contributed by atoms with Crippen LogP contribution < -0.4 is 5.73 Å². The van der Waals surface area contributed by atoms with Gasteiger partial charge in [-0.2, -0.15) is 5.10 Å². The Bertz CT molecular complexity index is 303. The highest BCUT2D eigenvalue weighted by atomic mass is 32.1. The summed E-state index contributed by atoms with van der Waals surface area (Å²) in [7, 11) is 1.77. The van der Waals surface area contributed by atoms with Crippen molar-refractivity contribution in [1.82, 2.24) is 14.8 Å². The number of nitrogen functional groups attached to an aromatic ring is 1. The van der Waals surface area contributed by atoms with Crippen molar-refractivity contribution < 1.29 is 0 Å². The van der Waals surface area contributed by atoms with Crippen LogP contribution in [-0.2, 0) is 7.05 Å². The molecule has 0 saturated carbocycles. The Balaban J connectivity index is 3.43. The lowest BCUT2D eigenvalue weighted by Gasteiger charge is -2.00. The maximum atomic E-state index is 5.39. The van der Waals surface area contributed by atoms with Crippen LogP contribution >= 0.6 is 12.2 Å². The molecule has 1 heterocycles. The lowest BCUT2D eigenvalue weighted by Crippen LogP contribution is -2.08. The molecule has 0 fully saturated rings. The summed E-state index contributed by atoms with van der Waals surface area (Å²) in [5, 5.41) is 3.90. The van der Waals surface area contributed by atoms with E-state index < -0.39 is 0 Å². The van der Waals surface area contributed by atoms with E-state index in [4.69, 9.17) is 18.0 Å². The van der Waals surface area contributed by atoms with Gasteiger partial charge in [0, 0.05) is 7.05 Å². The van der Waals surface area contributed by atoms with Crippen molar-refractivity contribution in [1.29, 1.82) is 0 Å². The van der Waals surface area contributed by atoms with E-state index >= 15 is 0 Å². The fourth-order valence-electron chi connectivity index (χ4n) is 0.553. The fraction of sp³-hybridized carbons (Fsp3) is 0.400. The molecule has 0 aliphatic heterocycles. The predicted molar refractivity (Wildman–Crippen MR) is 41.0 cm³/mol. The second-order valence-corrected chi connectivity index (χ2v) is 2.36. The lowest BCUT2D eigenvalue weighted by atomic mass is 10.6. The molecule has 10 heavy (non-hydrogen) atoms. The SMILES string of the molecule is Cc1nc(=S)c(N)nn1C. The molecule has 2 N–H and O–H groups in total. The van der Waals surface area contributed by atoms with E-state index in [9.17, 15) is 0 Å². The monoisotopic (exact) mass is 156 g/mol. The molecule has 54 valence electrons. The molecule has 5 heteroatoms. The first-order chi connectivity index (χ1) is 4.61. The van der Waals surface area contributed by atoms with Gasteiger partial charge < -0.3 is 5.73 Å². The molecule has 0 unspecified atom stereocenters. The quantitative estimate of drug-likeness (QED) is 0.553. The molecule has 1 aromatic rings. The van der Waals surface area contributed by atoms with Crippen LogP contribution in [-0.4, -0.2) is 14.8 Å². The number of nitrogens with two attached hydrogens (primary N) is 1. The summed E-state index contributed by atoms with van der Waals surface area (Å²) in [4.78, 5) is 3.96. The molecule has 0 aromatic carbocycles. The maximum absolute atomic E-state index is 5.39. The minimum absolute atomic E-state index is 0.308. The minimum atomic E-state index is 0.308. The molecule has 0 spiro atoms. The van der Waals surface area contributed by atoms with Crippen molar-refractivity contribution in [3.05, 3.63) is 10.5 Å². The molecule has 1 rings (SSSR count). The van der Waals surface area contributed by atoms with Gasteiger partial charge >= 0.3 is 0 Å². The zero-order chi connectivity index (χ0) is 7.72. The Morgan fingerprint density at radius 2 is 2.20 bits per heavy atom. The summed E-state index contributed by atoms with van der Waals surface area (Å²) in [5.41, 5.74) is 5.39. The zero-order valence-corrected chi connectivity index (χ0v) is 6.64. The fourth-order valence-corrected chi connectivity index (χ4v) is 0.726. The van der Waals surface area contributed by atoms with Gasteiger partial charge in [0.25, 0.3) is 0 Å².